The molecule has 0 radical (unpaired) electrons. The smallest absolute Gasteiger partial charge is 0.164 e. The van der Waals surface area contributed by atoms with Crippen LogP contribution in [-0.2, 0) is 4.74 Å². The lowest BCUT2D eigenvalue weighted by atomic mass is 10.0. The van der Waals surface area contributed by atoms with Crippen LogP contribution in [0.3, 0.4) is 0 Å². The largest absolute Gasteiger partial charge is 0.372 e. The second kappa shape index (κ2) is 10.9. The monoisotopic (exact) mass is 408 g/mol. The summed E-state index contributed by atoms with van der Waals surface area (Å²) in [5.74, 6) is 0.245. The SMILES string of the molecule is CCOC(c1ccccc1)C(C)N1CCN(CCC(=O)c2ccc(C)c(C)c2)CC1. The van der Waals surface area contributed by atoms with Crippen LogP contribution in [0.2, 0.25) is 0 Å². The van der Waals surface area contributed by atoms with E-state index in [-0.39, 0.29) is 11.9 Å². The predicted octanol–water partition coefficient (Wildman–Crippen LogP) is 4.66. The van der Waals surface area contributed by atoms with Gasteiger partial charge in [-0.15, -0.1) is 0 Å². The zero-order valence-corrected chi connectivity index (χ0v) is 18.9. The molecule has 2 aromatic rings. The first kappa shape index (κ1) is 22.7. The van der Waals surface area contributed by atoms with E-state index >= 15 is 0 Å². The van der Waals surface area contributed by atoms with Crippen molar-refractivity contribution in [3.8, 4) is 0 Å². The normalized spacial score (nSPS) is 17.6. The number of Topliss-reactive ketones (excluding diaryl/α,β-unsaturated/α-hetero) is 1. The number of ether oxygens (including phenoxy) is 1. The van der Waals surface area contributed by atoms with Gasteiger partial charge in [0.15, 0.2) is 5.78 Å². The standard InChI is InChI=1S/C26H36N2O2/c1-5-30-26(23-9-7-6-8-10-23)22(4)28-17-15-27(16-18-28)14-13-25(29)24-12-11-20(2)21(3)19-24/h6-12,19,22,26H,5,13-18H2,1-4H3. The van der Waals surface area contributed by atoms with Crippen molar-refractivity contribution in [2.45, 2.75) is 46.3 Å². The fraction of sp³-hybridized carbons (Fsp3) is 0.500. The second-order valence-corrected chi connectivity index (χ2v) is 8.38. The summed E-state index contributed by atoms with van der Waals surface area (Å²) in [6.07, 6.45) is 0.679. The summed E-state index contributed by atoms with van der Waals surface area (Å²) in [4.78, 5) is 17.5. The second-order valence-electron chi connectivity index (χ2n) is 8.38. The summed E-state index contributed by atoms with van der Waals surface area (Å²) in [6.45, 7) is 14.0. The highest BCUT2D eigenvalue weighted by Crippen LogP contribution is 2.26. The molecule has 0 bridgehead atoms. The molecule has 0 spiro atoms. The van der Waals surface area contributed by atoms with Gasteiger partial charge in [0.1, 0.15) is 0 Å². The van der Waals surface area contributed by atoms with E-state index in [1.54, 1.807) is 0 Å². The third kappa shape index (κ3) is 5.78. The molecule has 162 valence electrons. The van der Waals surface area contributed by atoms with Crippen LogP contribution < -0.4 is 0 Å². The zero-order chi connectivity index (χ0) is 21.5. The molecule has 2 unspecified atom stereocenters. The molecule has 3 rings (SSSR count). The van der Waals surface area contributed by atoms with Crippen molar-refractivity contribution < 1.29 is 9.53 Å². The van der Waals surface area contributed by atoms with Crippen molar-refractivity contribution in [3.05, 3.63) is 70.8 Å². The van der Waals surface area contributed by atoms with Crippen LogP contribution in [0, 0.1) is 13.8 Å². The number of nitrogens with zero attached hydrogens (tertiary/aromatic N) is 2. The molecule has 1 heterocycles. The Hall–Kier alpha value is -2.01. The average Bonchev–Trinajstić information content (AvgIpc) is 2.78. The third-order valence-electron chi connectivity index (χ3n) is 6.38. The van der Waals surface area contributed by atoms with Gasteiger partial charge in [-0.25, -0.2) is 0 Å². The first-order valence-electron chi connectivity index (χ1n) is 11.2. The number of piperazine rings is 1. The van der Waals surface area contributed by atoms with Gasteiger partial charge in [-0.3, -0.25) is 9.69 Å². The molecule has 0 aromatic heterocycles. The number of carbonyl (C=O) groups excluding carboxylic acids is 1. The van der Waals surface area contributed by atoms with E-state index in [2.05, 4.69) is 67.8 Å². The van der Waals surface area contributed by atoms with E-state index in [9.17, 15) is 4.79 Å². The van der Waals surface area contributed by atoms with Crippen molar-refractivity contribution >= 4 is 5.78 Å². The van der Waals surface area contributed by atoms with E-state index in [1.807, 2.05) is 18.2 Å². The molecule has 1 fully saturated rings. The van der Waals surface area contributed by atoms with Gasteiger partial charge >= 0.3 is 0 Å². The number of rotatable bonds is 9. The van der Waals surface area contributed by atoms with Gasteiger partial charge < -0.3 is 9.64 Å². The lowest BCUT2D eigenvalue weighted by Gasteiger charge is -2.40. The first-order valence-corrected chi connectivity index (χ1v) is 11.2. The highest BCUT2D eigenvalue weighted by atomic mass is 16.5. The number of benzene rings is 2. The molecule has 30 heavy (non-hydrogen) atoms. The minimum atomic E-state index is 0.0918. The number of hydrogen-bond acceptors (Lipinski definition) is 4. The zero-order valence-electron chi connectivity index (χ0n) is 18.9. The highest BCUT2D eigenvalue weighted by molar-refractivity contribution is 5.96. The highest BCUT2D eigenvalue weighted by Gasteiger charge is 2.28. The van der Waals surface area contributed by atoms with Gasteiger partial charge in [0, 0.05) is 57.4 Å². The van der Waals surface area contributed by atoms with Gasteiger partial charge in [-0.05, 0) is 50.5 Å². The van der Waals surface area contributed by atoms with Crippen LogP contribution in [0.4, 0.5) is 0 Å². The summed E-state index contributed by atoms with van der Waals surface area (Å²) < 4.78 is 6.12. The summed E-state index contributed by atoms with van der Waals surface area (Å²) in [7, 11) is 0. The minimum absolute atomic E-state index is 0.0918. The van der Waals surface area contributed by atoms with Crippen LogP contribution in [0.5, 0.6) is 0 Å². The quantitative estimate of drug-likeness (QED) is 0.565. The van der Waals surface area contributed by atoms with Crippen LogP contribution in [0.25, 0.3) is 0 Å². The van der Waals surface area contributed by atoms with E-state index in [1.165, 1.54) is 16.7 Å². The maximum absolute atomic E-state index is 12.6. The van der Waals surface area contributed by atoms with Crippen LogP contribution in [-0.4, -0.2) is 61.0 Å². The predicted molar refractivity (Wildman–Crippen MR) is 123 cm³/mol. The van der Waals surface area contributed by atoms with Crippen molar-refractivity contribution in [2.24, 2.45) is 0 Å². The number of ketones is 1. The molecule has 2 atom stereocenters. The van der Waals surface area contributed by atoms with Crippen LogP contribution >= 0.6 is 0 Å². The Morgan fingerprint density at radius 3 is 2.33 bits per heavy atom. The van der Waals surface area contributed by atoms with Gasteiger partial charge in [-0.1, -0.05) is 42.5 Å². The van der Waals surface area contributed by atoms with Gasteiger partial charge in [0.05, 0.1) is 6.10 Å². The van der Waals surface area contributed by atoms with Gasteiger partial charge in [-0.2, -0.15) is 0 Å². The van der Waals surface area contributed by atoms with Gasteiger partial charge in [0.25, 0.3) is 0 Å². The minimum Gasteiger partial charge on any atom is -0.372 e. The van der Waals surface area contributed by atoms with E-state index in [4.69, 9.17) is 4.74 Å². The molecule has 1 aliphatic heterocycles. The molecule has 0 N–H and O–H groups in total. The topological polar surface area (TPSA) is 32.8 Å². The fourth-order valence-electron chi connectivity index (χ4n) is 4.24. The third-order valence-corrected chi connectivity index (χ3v) is 6.38. The molecular weight excluding hydrogens is 372 g/mol. The Bertz CT molecular complexity index is 813. The summed E-state index contributed by atoms with van der Waals surface area (Å²) in [6, 6.07) is 16.9. The van der Waals surface area contributed by atoms with Crippen molar-refractivity contribution in [2.75, 3.05) is 39.3 Å². The molecular formula is C26H36N2O2. The Labute approximate surface area is 181 Å². The molecule has 1 aliphatic rings. The Morgan fingerprint density at radius 1 is 1.00 bits per heavy atom. The Morgan fingerprint density at radius 2 is 1.70 bits per heavy atom. The van der Waals surface area contributed by atoms with E-state index in [0.29, 0.717) is 19.1 Å². The summed E-state index contributed by atoms with van der Waals surface area (Å²) in [5.41, 5.74) is 4.50. The van der Waals surface area contributed by atoms with Crippen molar-refractivity contribution in [1.82, 2.24) is 9.80 Å². The lowest BCUT2D eigenvalue weighted by Crippen LogP contribution is -2.51. The number of carbonyl (C=O) groups is 1. The van der Waals surface area contributed by atoms with Gasteiger partial charge in [0.2, 0.25) is 0 Å². The summed E-state index contributed by atoms with van der Waals surface area (Å²) in [5, 5.41) is 0. The molecule has 0 amide bonds. The number of hydrogen-bond donors (Lipinski definition) is 0. The first-order chi connectivity index (χ1) is 14.5. The van der Waals surface area contributed by atoms with Crippen molar-refractivity contribution in [1.29, 1.82) is 0 Å². The van der Waals surface area contributed by atoms with Crippen LogP contribution in [0.15, 0.2) is 48.5 Å². The van der Waals surface area contributed by atoms with E-state index < -0.39 is 0 Å². The molecule has 4 heteroatoms. The van der Waals surface area contributed by atoms with Crippen molar-refractivity contribution in [3.63, 3.8) is 0 Å². The fourth-order valence-corrected chi connectivity index (χ4v) is 4.24. The maximum atomic E-state index is 12.6. The molecule has 2 aromatic carbocycles. The van der Waals surface area contributed by atoms with Crippen LogP contribution in [0.1, 0.15) is 53.4 Å². The molecule has 0 aliphatic carbocycles. The Balaban J connectivity index is 1.50. The molecule has 0 saturated carbocycles. The maximum Gasteiger partial charge on any atom is 0.164 e. The number of aryl methyl sites for hydroxylation is 2. The van der Waals surface area contributed by atoms with E-state index in [0.717, 1.165) is 38.3 Å². The average molecular weight is 409 g/mol. The summed E-state index contributed by atoms with van der Waals surface area (Å²) >= 11 is 0. The molecule has 1 saturated heterocycles. The lowest BCUT2D eigenvalue weighted by molar-refractivity contribution is -0.0193. The Kier molecular flexibility index (Phi) is 8.20. The molecule has 4 nitrogen and oxygen atoms in total.